The minimum atomic E-state index is -4.81. The first-order valence-corrected chi connectivity index (χ1v) is 15.6. The van der Waals surface area contributed by atoms with Gasteiger partial charge in [-0.05, 0) is 61.4 Å². The highest BCUT2D eigenvalue weighted by molar-refractivity contribution is 5.96. The van der Waals surface area contributed by atoms with E-state index in [2.05, 4.69) is 15.6 Å². The van der Waals surface area contributed by atoms with Gasteiger partial charge in [0.05, 0.1) is 12.1 Å². The molecule has 0 bridgehead atoms. The van der Waals surface area contributed by atoms with Crippen LogP contribution in [-0.2, 0) is 20.6 Å². The number of anilines is 1. The Bertz CT molecular complexity index is 1710. The molecular formula is C34H34F4N4O5. The van der Waals surface area contributed by atoms with Gasteiger partial charge in [0.2, 0.25) is 17.7 Å². The third-order valence-electron chi connectivity index (χ3n) is 9.10. The van der Waals surface area contributed by atoms with E-state index < -0.39 is 65.0 Å². The van der Waals surface area contributed by atoms with E-state index in [1.807, 2.05) is 36.4 Å². The van der Waals surface area contributed by atoms with Crippen molar-refractivity contribution in [2.75, 3.05) is 11.9 Å². The molecule has 5 atom stereocenters. The number of aliphatic carboxylic acids is 1. The summed E-state index contributed by atoms with van der Waals surface area (Å²) in [5.41, 5.74) is -2.94. The number of carboxylic acid groups (broad SMARTS) is 1. The van der Waals surface area contributed by atoms with Gasteiger partial charge in [0.1, 0.15) is 29.5 Å². The van der Waals surface area contributed by atoms with Crippen molar-refractivity contribution in [2.24, 2.45) is 5.92 Å². The van der Waals surface area contributed by atoms with Gasteiger partial charge in [-0.15, -0.1) is 0 Å². The summed E-state index contributed by atoms with van der Waals surface area (Å²) in [6.07, 6.45) is 2.75. The normalized spacial score (nSPS) is 26.9. The first-order chi connectivity index (χ1) is 22.4. The zero-order valence-electron chi connectivity index (χ0n) is 25.3. The molecule has 2 amide bonds. The van der Waals surface area contributed by atoms with Crippen LogP contribution < -0.4 is 15.4 Å². The maximum Gasteiger partial charge on any atom is 0.416 e. The number of carboxylic acids is 1. The summed E-state index contributed by atoms with van der Waals surface area (Å²) < 4.78 is 61.0. The van der Waals surface area contributed by atoms with Crippen molar-refractivity contribution in [1.82, 2.24) is 15.2 Å². The Balaban J connectivity index is 1.33. The number of nitrogens with zero attached hydrogens (tertiary/aromatic N) is 2. The number of benzene rings is 2. The second-order valence-corrected chi connectivity index (χ2v) is 12.4. The van der Waals surface area contributed by atoms with E-state index in [1.165, 1.54) is 4.90 Å². The maximum atomic E-state index is 14.3. The number of pyridine rings is 1. The molecule has 1 saturated carbocycles. The van der Waals surface area contributed by atoms with Crippen LogP contribution >= 0.6 is 0 Å². The summed E-state index contributed by atoms with van der Waals surface area (Å²) in [7, 11) is 0. The standard InChI is InChI=1S/C34H34F4N4O5/c35-23-14-22(34(36,37)38)15-24(16-23)40-27-11-5-3-1-2-4-9-21-18-33(21,32(45)46)41-29(43)28-17-25(19-42(28)31(27)44)47-30-26-10-7-6-8-20(26)12-13-39-30/h4,6-10,12-16,21,25,27-28,40H,1-3,5,11,17-19H2,(H,41,43)(H,45,46)/t21-,25-,27+,28+,33-/m1/s1. The van der Waals surface area contributed by atoms with E-state index in [0.29, 0.717) is 31.2 Å². The molecule has 2 aromatic carbocycles. The van der Waals surface area contributed by atoms with Crippen LogP contribution in [0.2, 0.25) is 0 Å². The van der Waals surface area contributed by atoms with Crippen LogP contribution in [0.5, 0.6) is 5.88 Å². The lowest BCUT2D eigenvalue weighted by molar-refractivity contribution is -0.145. The fraction of sp³-hybridized carbons (Fsp3) is 0.412. The van der Waals surface area contributed by atoms with Gasteiger partial charge in [0, 0.05) is 29.6 Å². The van der Waals surface area contributed by atoms with Crippen molar-refractivity contribution in [3.8, 4) is 5.88 Å². The Morgan fingerprint density at radius 2 is 1.91 bits per heavy atom. The molecule has 3 heterocycles. The highest BCUT2D eigenvalue weighted by atomic mass is 19.4. The molecule has 13 heteroatoms. The van der Waals surface area contributed by atoms with E-state index in [1.54, 1.807) is 12.3 Å². The van der Waals surface area contributed by atoms with Crippen LogP contribution in [0.15, 0.2) is 66.9 Å². The number of hydrogen-bond donors (Lipinski definition) is 3. The molecule has 6 rings (SSSR count). The molecule has 2 fully saturated rings. The predicted molar refractivity (Wildman–Crippen MR) is 164 cm³/mol. The Morgan fingerprint density at radius 1 is 1.11 bits per heavy atom. The number of carbonyl (C=O) groups is 3. The lowest BCUT2D eigenvalue weighted by Crippen LogP contribution is -2.55. The van der Waals surface area contributed by atoms with E-state index >= 15 is 0 Å². The van der Waals surface area contributed by atoms with Crippen molar-refractivity contribution in [3.05, 3.63) is 78.3 Å². The average molecular weight is 655 g/mol. The van der Waals surface area contributed by atoms with Gasteiger partial charge in [-0.25, -0.2) is 14.2 Å². The van der Waals surface area contributed by atoms with Crippen molar-refractivity contribution in [2.45, 2.75) is 74.8 Å². The zero-order valence-corrected chi connectivity index (χ0v) is 25.3. The van der Waals surface area contributed by atoms with E-state index in [0.717, 1.165) is 29.3 Å². The Hall–Kier alpha value is -4.68. The molecule has 248 valence electrons. The van der Waals surface area contributed by atoms with Crippen molar-refractivity contribution in [1.29, 1.82) is 0 Å². The number of ether oxygens (including phenoxy) is 1. The fourth-order valence-electron chi connectivity index (χ4n) is 6.53. The average Bonchev–Trinajstić information content (AvgIpc) is 3.56. The van der Waals surface area contributed by atoms with Crippen molar-refractivity contribution < 1.29 is 41.8 Å². The summed E-state index contributed by atoms with van der Waals surface area (Å²) in [4.78, 5) is 46.1. The van der Waals surface area contributed by atoms with E-state index in [4.69, 9.17) is 4.74 Å². The quantitative estimate of drug-likeness (QED) is 0.239. The molecule has 9 nitrogen and oxygen atoms in total. The number of carbonyl (C=O) groups excluding carboxylic acids is 2. The maximum absolute atomic E-state index is 14.3. The molecule has 0 radical (unpaired) electrons. The van der Waals surface area contributed by atoms with E-state index in [-0.39, 0.29) is 31.5 Å². The van der Waals surface area contributed by atoms with Gasteiger partial charge < -0.3 is 25.4 Å². The van der Waals surface area contributed by atoms with Gasteiger partial charge in [-0.2, -0.15) is 13.2 Å². The molecule has 1 aromatic heterocycles. The first kappa shape index (κ1) is 32.3. The summed E-state index contributed by atoms with van der Waals surface area (Å²) in [6, 6.07) is 8.98. The predicted octanol–water partition coefficient (Wildman–Crippen LogP) is 5.70. The summed E-state index contributed by atoms with van der Waals surface area (Å²) in [6.45, 7) is -0.0691. The highest BCUT2D eigenvalue weighted by Crippen LogP contribution is 2.45. The van der Waals surface area contributed by atoms with Gasteiger partial charge in [-0.3, -0.25) is 9.59 Å². The van der Waals surface area contributed by atoms with Gasteiger partial charge >= 0.3 is 12.1 Å². The Labute approximate surface area is 268 Å². The molecule has 1 saturated heterocycles. The lowest BCUT2D eigenvalue weighted by Gasteiger charge is -2.30. The van der Waals surface area contributed by atoms with Gasteiger partial charge in [-0.1, -0.05) is 43.2 Å². The van der Waals surface area contributed by atoms with Crippen LogP contribution in [0.3, 0.4) is 0 Å². The topological polar surface area (TPSA) is 121 Å². The fourth-order valence-corrected chi connectivity index (χ4v) is 6.53. The zero-order chi connectivity index (χ0) is 33.3. The second-order valence-electron chi connectivity index (χ2n) is 12.4. The smallest absolute Gasteiger partial charge is 0.416 e. The second kappa shape index (κ2) is 12.8. The SMILES string of the molecule is O=C1N[C@]2(C(=O)O)C[C@H]2C=CCCCCC[C@H](Nc2cc(F)cc(C(F)(F)F)c2)C(=O)N2C[C@H](Oc3nccc4ccccc34)C[C@@H]12. The van der Waals surface area contributed by atoms with Crippen LogP contribution in [0.1, 0.15) is 50.5 Å². The molecule has 47 heavy (non-hydrogen) atoms. The third kappa shape index (κ3) is 6.89. The third-order valence-corrected chi connectivity index (χ3v) is 9.10. The molecule has 3 N–H and O–H groups in total. The van der Waals surface area contributed by atoms with E-state index in [9.17, 15) is 37.1 Å². The highest BCUT2D eigenvalue weighted by Gasteiger charge is 2.61. The Kier molecular flexibility index (Phi) is 8.82. The number of alkyl halides is 3. The number of aromatic nitrogens is 1. The monoisotopic (exact) mass is 654 g/mol. The largest absolute Gasteiger partial charge is 0.479 e. The molecular weight excluding hydrogens is 620 g/mol. The van der Waals surface area contributed by atoms with Crippen LogP contribution in [-0.4, -0.2) is 63.0 Å². The lowest BCUT2D eigenvalue weighted by atomic mass is 10.0. The number of hydrogen-bond acceptors (Lipinski definition) is 6. The molecule has 3 aromatic rings. The number of fused-ring (bicyclic) bond motifs is 3. The van der Waals surface area contributed by atoms with Crippen LogP contribution in [0.4, 0.5) is 23.2 Å². The summed E-state index contributed by atoms with van der Waals surface area (Å²) >= 11 is 0. The number of amides is 2. The van der Waals surface area contributed by atoms with Crippen molar-refractivity contribution >= 4 is 34.2 Å². The minimum absolute atomic E-state index is 0.0174. The number of nitrogens with one attached hydrogen (secondary N) is 2. The number of halogens is 4. The number of allylic oxidation sites excluding steroid dienone is 1. The molecule has 2 aliphatic heterocycles. The molecule has 0 spiro atoms. The van der Waals surface area contributed by atoms with Gasteiger partial charge in [0.15, 0.2) is 0 Å². The molecule has 0 unspecified atom stereocenters. The number of rotatable bonds is 5. The van der Waals surface area contributed by atoms with Gasteiger partial charge in [0.25, 0.3) is 0 Å². The Morgan fingerprint density at radius 3 is 2.70 bits per heavy atom. The van der Waals surface area contributed by atoms with Crippen molar-refractivity contribution in [3.63, 3.8) is 0 Å². The van der Waals surface area contributed by atoms with Crippen LogP contribution in [0.25, 0.3) is 10.8 Å². The first-order valence-electron chi connectivity index (χ1n) is 15.6. The summed E-state index contributed by atoms with van der Waals surface area (Å²) in [5.74, 6) is -3.67. The van der Waals surface area contributed by atoms with Crippen LogP contribution in [0, 0.1) is 11.7 Å². The minimum Gasteiger partial charge on any atom is -0.479 e. The molecule has 3 aliphatic rings. The molecule has 1 aliphatic carbocycles. The summed E-state index contributed by atoms with van der Waals surface area (Å²) in [5, 5.41) is 17.2.